The van der Waals surface area contributed by atoms with E-state index in [-0.39, 0.29) is 5.78 Å². The molecule has 0 spiro atoms. The van der Waals surface area contributed by atoms with Crippen LogP contribution < -0.4 is 0 Å². The summed E-state index contributed by atoms with van der Waals surface area (Å²) in [4.78, 5) is 13.1. The van der Waals surface area contributed by atoms with Gasteiger partial charge in [-0.05, 0) is 36.6 Å². The highest BCUT2D eigenvalue weighted by Crippen LogP contribution is 2.17. The summed E-state index contributed by atoms with van der Waals surface area (Å²) in [6.45, 7) is 4.09. The van der Waals surface area contributed by atoms with Crippen molar-refractivity contribution in [2.24, 2.45) is 11.8 Å². The Bertz CT molecular complexity index is 375. The van der Waals surface area contributed by atoms with Gasteiger partial charge < -0.3 is 0 Å². The predicted molar refractivity (Wildman–Crippen MR) is 70.8 cm³/mol. The van der Waals surface area contributed by atoms with Gasteiger partial charge in [-0.3, -0.25) is 4.79 Å². The van der Waals surface area contributed by atoms with Crippen LogP contribution in [0.25, 0.3) is 0 Å². The summed E-state index contributed by atoms with van der Waals surface area (Å²) in [5.74, 6) is 0.108. The van der Waals surface area contributed by atoms with Crippen molar-refractivity contribution in [2.75, 3.05) is 0 Å². The molecule has 1 aromatic heterocycles. The summed E-state index contributed by atoms with van der Waals surface area (Å²) in [5, 5.41) is 11.0. The summed E-state index contributed by atoms with van der Waals surface area (Å²) >= 11 is 1.72. The Morgan fingerprint density at radius 2 is 2.29 bits per heavy atom. The molecular formula is C14H19NOS. The highest BCUT2D eigenvalue weighted by atomic mass is 32.1. The van der Waals surface area contributed by atoms with Crippen LogP contribution in [0.3, 0.4) is 0 Å². The molecule has 0 saturated carbocycles. The van der Waals surface area contributed by atoms with Crippen LogP contribution in [-0.4, -0.2) is 5.78 Å². The van der Waals surface area contributed by atoms with Crippen LogP contribution in [0.2, 0.25) is 0 Å². The topological polar surface area (TPSA) is 40.9 Å². The minimum absolute atomic E-state index is 0.109. The van der Waals surface area contributed by atoms with E-state index in [2.05, 4.69) is 12.1 Å². The van der Waals surface area contributed by atoms with Crippen LogP contribution in [-0.2, 0) is 11.2 Å². The molecule has 1 heterocycles. The summed E-state index contributed by atoms with van der Waals surface area (Å²) < 4.78 is 0. The van der Waals surface area contributed by atoms with Gasteiger partial charge in [-0.15, -0.1) is 11.3 Å². The Morgan fingerprint density at radius 1 is 1.53 bits per heavy atom. The average Bonchev–Trinajstić information content (AvgIpc) is 2.78. The molecule has 0 aliphatic heterocycles. The third kappa shape index (κ3) is 5.14. The second-order valence-corrected chi connectivity index (χ2v) is 5.74. The lowest BCUT2D eigenvalue weighted by molar-refractivity contribution is -0.121. The first-order chi connectivity index (χ1) is 8.13. The number of rotatable bonds is 7. The fraction of sp³-hybridized carbons (Fsp3) is 0.571. The van der Waals surface area contributed by atoms with Gasteiger partial charge in [-0.25, -0.2) is 0 Å². The third-order valence-corrected chi connectivity index (χ3v) is 3.61. The molecule has 0 amide bonds. The maximum Gasteiger partial charge on any atom is 0.150 e. The van der Waals surface area contributed by atoms with Crippen molar-refractivity contribution >= 4 is 17.1 Å². The first-order valence-electron chi connectivity index (χ1n) is 6.08. The van der Waals surface area contributed by atoms with Crippen molar-refractivity contribution in [2.45, 2.75) is 39.5 Å². The normalized spacial score (nSPS) is 12.4. The lowest BCUT2D eigenvalue weighted by Gasteiger charge is -2.10. The van der Waals surface area contributed by atoms with Crippen molar-refractivity contribution in [3.8, 4) is 6.07 Å². The minimum atomic E-state index is -0.404. The quantitative estimate of drug-likeness (QED) is 0.737. The molecule has 1 aromatic rings. The highest BCUT2D eigenvalue weighted by molar-refractivity contribution is 7.09. The SMILES string of the molecule is CC(C)CC(C#N)C(=O)CCCc1cccs1. The van der Waals surface area contributed by atoms with E-state index >= 15 is 0 Å². The number of thiophene rings is 1. The predicted octanol–water partition coefficient (Wildman–Crippen LogP) is 3.83. The molecule has 0 radical (unpaired) electrons. The van der Waals surface area contributed by atoms with E-state index in [1.54, 1.807) is 11.3 Å². The van der Waals surface area contributed by atoms with Crippen molar-refractivity contribution in [3.05, 3.63) is 22.4 Å². The molecule has 92 valence electrons. The summed E-state index contributed by atoms with van der Waals surface area (Å²) in [6, 6.07) is 6.24. The van der Waals surface area contributed by atoms with Gasteiger partial charge in [0.25, 0.3) is 0 Å². The van der Waals surface area contributed by atoms with Crippen molar-refractivity contribution in [1.29, 1.82) is 5.26 Å². The molecule has 0 saturated heterocycles. The molecule has 17 heavy (non-hydrogen) atoms. The molecule has 1 atom stereocenters. The van der Waals surface area contributed by atoms with Gasteiger partial charge in [0, 0.05) is 11.3 Å². The summed E-state index contributed by atoms with van der Waals surface area (Å²) in [6.07, 6.45) is 3.02. The zero-order valence-electron chi connectivity index (χ0n) is 10.5. The van der Waals surface area contributed by atoms with E-state index in [9.17, 15) is 4.79 Å². The Balaban J connectivity index is 2.30. The number of nitrogens with zero attached hydrogens (tertiary/aromatic N) is 1. The van der Waals surface area contributed by atoms with Crippen LogP contribution in [0.4, 0.5) is 0 Å². The first-order valence-corrected chi connectivity index (χ1v) is 6.96. The highest BCUT2D eigenvalue weighted by Gasteiger charge is 2.18. The molecule has 0 bridgehead atoms. The van der Waals surface area contributed by atoms with Gasteiger partial charge in [0.1, 0.15) is 11.7 Å². The Hall–Kier alpha value is -1.14. The maximum absolute atomic E-state index is 11.8. The lowest BCUT2D eigenvalue weighted by Crippen LogP contribution is -2.15. The number of ketones is 1. The molecule has 0 aromatic carbocycles. The Labute approximate surface area is 107 Å². The molecule has 2 nitrogen and oxygen atoms in total. The van der Waals surface area contributed by atoms with E-state index in [4.69, 9.17) is 5.26 Å². The zero-order chi connectivity index (χ0) is 12.7. The third-order valence-electron chi connectivity index (χ3n) is 2.68. The zero-order valence-corrected chi connectivity index (χ0v) is 11.3. The van der Waals surface area contributed by atoms with Crippen LogP contribution in [0.15, 0.2) is 17.5 Å². The van der Waals surface area contributed by atoms with Gasteiger partial charge in [0.15, 0.2) is 0 Å². The van der Waals surface area contributed by atoms with Crippen molar-refractivity contribution < 1.29 is 4.79 Å². The number of hydrogen-bond acceptors (Lipinski definition) is 3. The Kier molecular flexibility index (Phi) is 5.93. The molecule has 3 heteroatoms. The Morgan fingerprint density at radius 3 is 2.82 bits per heavy atom. The van der Waals surface area contributed by atoms with E-state index in [1.807, 2.05) is 25.3 Å². The smallest absolute Gasteiger partial charge is 0.150 e. The van der Waals surface area contributed by atoms with Gasteiger partial charge in [-0.2, -0.15) is 5.26 Å². The van der Waals surface area contributed by atoms with Crippen LogP contribution in [0, 0.1) is 23.2 Å². The van der Waals surface area contributed by atoms with E-state index in [0.717, 1.165) is 12.8 Å². The van der Waals surface area contributed by atoms with Gasteiger partial charge >= 0.3 is 0 Å². The van der Waals surface area contributed by atoms with Gasteiger partial charge in [-0.1, -0.05) is 19.9 Å². The molecule has 0 aliphatic carbocycles. The van der Waals surface area contributed by atoms with Crippen molar-refractivity contribution in [3.63, 3.8) is 0 Å². The van der Waals surface area contributed by atoms with Crippen LogP contribution >= 0.6 is 11.3 Å². The van der Waals surface area contributed by atoms with Crippen LogP contribution in [0.5, 0.6) is 0 Å². The standard InChI is InChI=1S/C14H19NOS/c1-11(2)9-12(10-15)14(16)7-3-5-13-6-4-8-17-13/h4,6,8,11-12H,3,5,7,9H2,1-2H3. The summed E-state index contributed by atoms with van der Waals surface area (Å²) in [7, 11) is 0. The fourth-order valence-corrected chi connectivity index (χ4v) is 2.54. The molecular weight excluding hydrogens is 230 g/mol. The van der Waals surface area contributed by atoms with E-state index < -0.39 is 5.92 Å². The van der Waals surface area contributed by atoms with Crippen LogP contribution in [0.1, 0.15) is 38.0 Å². The minimum Gasteiger partial charge on any atom is -0.298 e. The molecule has 0 N–H and O–H groups in total. The van der Waals surface area contributed by atoms with Crippen molar-refractivity contribution in [1.82, 2.24) is 0 Å². The molecule has 0 aliphatic rings. The fourth-order valence-electron chi connectivity index (χ4n) is 1.79. The number of hydrogen-bond donors (Lipinski definition) is 0. The largest absolute Gasteiger partial charge is 0.298 e. The van der Waals surface area contributed by atoms with E-state index in [1.165, 1.54) is 4.88 Å². The average molecular weight is 249 g/mol. The second-order valence-electron chi connectivity index (χ2n) is 4.71. The number of carbonyl (C=O) groups excluding carboxylic acids is 1. The maximum atomic E-state index is 11.8. The molecule has 1 unspecified atom stereocenters. The van der Waals surface area contributed by atoms with E-state index in [0.29, 0.717) is 18.8 Å². The number of Topliss-reactive ketones (excluding diaryl/α,β-unsaturated/α-hetero) is 1. The molecule has 0 fully saturated rings. The van der Waals surface area contributed by atoms with Gasteiger partial charge in [0.2, 0.25) is 0 Å². The number of nitriles is 1. The molecule has 1 rings (SSSR count). The second kappa shape index (κ2) is 7.24. The monoisotopic (exact) mass is 249 g/mol. The number of aryl methyl sites for hydroxylation is 1. The first kappa shape index (κ1) is 13.9. The summed E-state index contributed by atoms with van der Waals surface area (Å²) in [5.41, 5.74) is 0. The van der Waals surface area contributed by atoms with Gasteiger partial charge in [0.05, 0.1) is 6.07 Å². The lowest BCUT2D eigenvalue weighted by atomic mass is 9.92. The number of carbonyl (C=O) groups is 1.